The van der Waals surface area contributed by atoms with Gasteiger partial charge in [-0.3, -0.25) is 0 Å². The van der Waals surface area contributed by atoms with E-state index in [9.17, 15) is 21.6 Å². The second-order valence-corrected chi connectivity index (χ2v) is 10.0. The van der Waals surface area contributed by atoms with E-state index in [0.717, 1.165) is 6.08 Å². The summed E-state index contributed by atoms with van der Waals surface area (Å²) in [5.41, 5.74) is 0.165. The van der Waals surface area contributed by atoms with Gasteiger partial charge in [0.2, 0.25) is 0 Å². The molecule has 0 aromatic heterocycles. The van der Waals surface area contributed by atoms with Crippen LogP contribution in [0, 0.1) is 0 Å². The molecule has 0 saturated carbocycles. The number of rotatable bonds is 6. The number of carbonyl (C=O) groups is 1. The molecule has 1 heterocycles. The second kappa shape index (κ2) is 7.16. The SMILES string of the molecule is O=C(O)/C=C/COc1ccc2c(c1)C(S(=O)(=O)c1ccccc1)CS2(=O)=O. The molecule has 0 radical (unpaired) electrons. The van der Waals surface area contributed by atoms with Crippen LogP contribution in [0.5, 0.6) is 5.75 Å². The molecule has 9 heteroatoms. The molecule has 2 aromatic rings. The minimum absolute atomic E-state index is 0.0274. The van der Waals surface area contributed by atoms with E-state index in [1.165, 1.54) is 36.4 Å². The Balaban J connectivity index is 1.97. The van der Waals surface area contributed by atoms with Crippen LogP contribution in [0.3, 0.4) is 0 Å². The molecule has 0 saturated heterocycles. The number of hydrogen-bond acceptors (Lipinski definition) is 6. The number of carboxylic acid groups (broad SMARTS) is 1. The summed E-state index contributed by atoms with van der Waals surface area (Å²) in [6.45, 7) is -0.0477. The Bertz CT molecular complexity index is 1100. The van der Waals surface area contributed by atoms with Gasteiger partial charge < -0.3 is 9.84 Å². The van der Waals surface area contributed by atoms with E-state index in [2.05, 4.69) is 0 Å². The lowest BCUT2D eigenvalue weighted by molar-refractivity contribution is -0.131. The Morgan fingerprint density at radius 3 is 2.56 bits per heavy atom. The summed E-state index contributed by atoms with van der Waals surface area (Å²) in [6.07, 6.45) is 2.20. The van der Waals surface area contributed by atoms with Gasteiger partial charge in [-0.2, -0.15) is 0 Å². The highest BCUT2D eigenvalue weighted by Crippen LogP contribution is 2.42. The summed E-state index contributed by atoms with van der Waals surface area (Å²) in [5, 5.41) is 7.33. The van der Waals surface area contributed by atoms with Gasteiger partial charge in [-0.15, -0.1) is 0 Å². The fourth-order valence-corrected chi connectivity index (χ4v) is 7.17. The van der Waals surface area contributed by atoms with Gasteiger partial charge >= 0.3 is 5.97 Å². The standard InChI is InChI=1S/C18H16O7S2/c19-18(20)7-4-10-25-13-8-9-16-15(11-13)17(12-26(16,21)22)27(23,24)14-5-2-1-3-6-14/h1-9,11,17H,10,12H2,(H,19,20)/b7-4+. The number of carboxylic acids is 1. The number of ether oxygens (including phenoxy) is 1. The van der Waals surface area contributed by atoms with E-state index in [1.54, 1.807) is 18.2 Å². The topological polar surface area (TPSA) is 115 Å². The maximum atomic E-state index is 12.9. The highest BCUT2D eigenvalue weighted by Gasteiger charge is 2.43. The van der Waals surface area contributed by atoms with Crippen LogP contribution in [-0.2, 0) is 24.5 Å². The zero-order chi connectivity index (χ0) is 19.7. The zero-order valence-electron chi connectivity index (χ0n) is 14.0. The van der Waals surface area contributed by atoms with Crippen molar-refractivity contribution < 1.29 is 31.5 Å². The van der Waals surface area contributed by atoms with Crippen molar-refractivity contribution in [2.24, 2.45) is 0 Å². The van der Waals surface area contributed by atoms with E-state index in [1.807, 2.05) is 0 Å². The molecule has 0 amide bonds. The molecule has 1 aliphatic heterocycles. The van der Waals surface area contributed by atoms with E-state index >= 15 is 0 Å². The van der Waals surface area contributed by atoms with Crippen molar-refractivity contribution in [1.29, 1.82) is 0 Å². The summed E-state index contributed by atoms with van der Waals surface area (Å²) < 4.78 is 56.1. The highest BCUT2D eigenvalue weighted by molar-refractivity contribution is 7.96. The number of aliphatic carboxylic acids is 1. The lowest BCUT2D eigenvalue weighted by atomic mass is 10.1. The van der Waals surface area contributed by atoms with Gasteiger partial charge in [0.05, 0.1) is 15.5 Å². The van der Waals surface area contributed by atoms with Crippen molar-refractivity contribution in [2.45, 2.75) is 15.0 Å². The molecular formula is C18H16O7S2. The highest BCUT2D eigenvalue weighted by atomic mass is 32.2. The zero-order valence-corrected chi connectivity index (χ0v) is 15.6. The molecule has 0 fully saturated rings. The Labute approximate surface area is 156 Å². The first-order chi connectivity index (χ1) is 12.7. The van der Waals surface area contributed by atoms with Crippen molar-refractivity contribution in [3.05, 3.63) is 66.2 Å². The predicted octanol–water partition coefficient (Wildman–Crippen LogP) is 2.01. The van der Waals surface area contributed by atoms with E-state index in [-0.39, 0.29) is 27.7 Å². The van der Waals surface area contributed by atoms with Gasteiger partial charge in [0, 0.05) is 6.08 Å². The van der Waals surface area contributed by atoms with Gasteiger partial charge in [0.25, 0.3) is 0 Å². The van der Waals surface area contributed by atoms with Crippen molar-refractivity contribution in [1.82, 2.24) is 0 Å². The van der Waals surface area contributed by atoms with Crippen LogP contribution in [-0.4, -0.2) is 40.3 Å². The third-order valence-corrected chi connectivity index (χ3v) is 8.21. The van der Waals surface area contributed by atoms with Crippen molar-refractivity contribution in [3.63, 3.8) is 0 Å². The molecule has 1 N–H and O–H groups in total. The third-order valence-electron chi connectivity index (χ3n) is 4.09. The maximum Gasteiger partial charge on any atom is 0.328 e. The van der Waals surface area contributed by atoms with E-state index in [4.69, 9.17) is 9.84 Å². The van der Waals surface area contributed by atoms with E-state index < -0.39 is 36.6 Å². The molecule has 1 atom stereocenters. The Morgan fingerprint density at radius 1 is 1.19 bits per heavy atom. The molecule has 27 heavy (non-hydrogen) atoms. The molecule has 7 nitrogen and oxygen atoms in total. The van der Waals surface area contributed by atoms with Crippen molar-refractivity contribution in [2.75, 3.05) is 12.4 Å². The molecule has 2 aromatic carbocycles. The van der Waals surface area contributed by atoms with Gasteiger partial charge in [0.15, 0.2) is 19.7 Å². The molecule has 142 valence electrons. The Hall–Kier alpha value is -2.65. The van der Waals surface area contributed by atoms with Crippen LogP contribution in [0.4, 0.5) is 0 Å². The minimum Gasteiger partial charge on any atom is -0.490 e. The first kappa shape index (κ1) is 19.1. The third kappa shape index (κ3) is 3.88. The van der Waals surface area contributed by atoms with Crippen LogP contribution >= 0.6 is 0 Å². The number of fused-ring (bicyclic) bond motifs is 1. The lowest BCUT2D eigenvalue weighted by Crippen LogP contribution is -2.15. The summed E-state index contributed by atoms with van der Waals surface area (Å²) in [5.74, 6) is -1.39. The van der Waals surface area contributed by atoms with Crippen LogP contribution in [0.2, 0.25) is 0 Å². The largest absolute Gasteiger partial charge is 0.490 e. The normalized spacial score (nSPS) is 18.3. The Morgan fingerprint density at radius 2 is 1.89 bits per heavy atom. The van der Waals surface area contributed by atoms with Crippen LogP contribution < -0.4 is 4.74 Å². The molecular weight excluding hydrogens is 392 g/mol. The van der Waals surface area contributed by atoms with E-state index in [0.29, 0.717) is 0 Å². The summed E-state index contributed by atoms with van der Waals surface area (Å²) in [7, 11) is -7.63. The summed E-state index contributed by atoms with van der Waals surface area (Å²) in [4.78, 5) is 10.5. The number of hydrogen-bond donors (Lipinski definition) is 1. The summed E-state index contributed by atoms with van der Waals surface area (Å²) in [6, 6.07) is 11.8. The molecule has 0 bridgehead atoms. The number of sulfone groups is 2. The molecule has 1 aliphatic rings. The second-order valence-electron chi connectivity index (χ2n) is 5.88. The Kier molecular flexibility index (Phi) is 5.07. The van der Waals surface area contributed by atoms with Gasteiger partial charge in [-0.05, 0) is 42.0 Å². The molecule has 1 unspecified atom stereocenters. The first-order valence-electron chi connectivity index (χ1n) is 7.90. The smallest absolute Gasteiger partial charge is 0.328 e. The average molecular weight is 408 g/mol. The van der Waals surface area contributed by atoms with Crippen molar-refractivity contribution >= 4 is 25.6 Å². The predicted molar refractivity (Wildman–Crippen MR) is 97.1 cm³/mol. The van der Waals surface area contributed by atoms with Crippen LogP contribution in [0.15, 0.2) is 70.5 Å². The van der Waals surface area contributed by atoms with Crippen LogP contribution in [0.25, 0.3) is 0 Å². The van der Waals surface area contributed by atoms with Crippen molar-refractivity contribution in [3.8, 4) is 5.75 Å². The van der Waals surface area contributed by atoms with Crippen LogP contribution in [0.1, 0.15) is 10.8 Å². The minimum atomic E-state index is -3.90. The molecule has 0 spiro atoms. The quantitative estimate of drug-likeness (QED) is 0.727. The average Bonchev–Trinajstić information content (AvgIpc) is 2.91. The molecule has 3 rings (SSSR count). The fraction of sp³-hybridized carbons (Fsp3) is 0.167. The first-order valence-corrected chi connectivity index (χ1v) is 11.1. The molecule has 0 aliphatic carbocycles. The lowest BCUT2D eigenvalue weighted by Gasteiger charge is -2.13. The maximum absolute atomic E-state index is 12.9. The van der Waals surface area contributed by atoms with Gasteiger partial charge in [-0.1, -0.05) is 18.2 Å². The summed E-state index contributed by atoms with van der Waals surface area (Å²) >= 11 is 0. The fourth-order valence-electron chi connectivity index (χ4n) is 2.85. The van der Waals surface area contributed by atoms with Gasteiger partial charge in [0.1, 0.15) is 17.6 Å². The van der Waals surface area contributed by atoms with Gasteiger partial charge in [-0.25, -0.2) is 21.6 Å². The monoisotopic (exact) mass is 408 g/mol. The number of benzene rings is 2.